The molecular weight excluding hydrogens is 288 g/mol. The number of aliphatic hydroxyl groups excluding tert-OH is 2. The first-order chi connectivity index (χ1) is 9.90. The van der Waals surface area contributed by atoms with Crippen LogP contribution in [0.2, 0.25) is 0 Å². The summed E-state index contributed by atoms with van der Waals surface area (Å²) in [7, 11) is 0. The van der Waals surface area contributed by atoms with Gasteiger partial charge in [0.1, 0.15) is 11.1 Å². The van der Waals surface area contributed by atoms with Gasteiger partial charge in [0.2, 0.25) is 0 Å². The van der Waals surface area contributed by atoms with Gasteiger partial charge in [0.05, 0.1) is 10.2 Å². The number of nitrogens with zero attached hydrogens (tertiary/aromatic N) is 1. The van der Waals surface area contributed by atoms with Crippen molar-refractivity contribution in [3.63, 3.8) is 0 Å². The number of benzene rings is 1. The third kappa shape index (κ3) is 3.58. The number of fused-ring (bicyclic) bond motifs is 1. The van der Waals surface area contributed by atoms with E-state index in [0.29, 0.717) is 5.01 Å². The molecule has 0 fully saturated rings. The van der Waals surface area contributed by atoms with E-state index in [-0.39, 0.29) is 12.0 Å². The normalized spacial score (nSPS) is 15.9. The Morgan fingerprint density at radius 2 is 1.90 bits per heavy atom. The third-order valence-electron chi connectivity index (χ3n) is 3.50. The Kier molecular flexibility index (Phi) is 4.92. The summed E-state index contributed by atoms with van der Waals surface area (Å²) in [4.78, 5) is 16.2. The zero-order valence-corrected chi connectivity index (χ0v) is 13.1. The predicted octanol–water partition coefficient (Wildman–Crippen LogP) is 1.85. The predicted molar refractivity (Wildman–Crippen MR) is 83.0 cm³/mol. The molecular formula is C15H20N2O3S. The summed E-state index contributed by atoms with van der Waals surface area (Å²) in [6, 6.07) is 7.37. The molecule has 0 radical (unpaired) electrons. The van der Waals surface area contributed by atoms with Gasteiger partial charge in [-0.3, -0.25) is 4.79 Å². The molecule has 6 heteroatoms. The van der Waals surface area contributed by atoms with E-state index >= 15 is 0 Å². The van der Waals surface area contributed by atoms with Crippen LogP contribution in [-0.2, 0) is 4.79 Å². The van der Waals surface area contributed by atoms with Gasteiger partial charge in [-0.1, -0.05) is 26.0 Å². The van der Waals surface area contributed by atoms with Crippen LogP contribution in [0.1, 0.15) is 31.9 Å². The number of carbonyl (C=O) groups is 1. The molecule has 1 heterocycles. The van der Waals surface area contributed by atoms with Crippen molar-refractivity contribution >= 4 is 27.5 Å². The molecule has 3 N–H and O–H groups in total. The summed E-state index contributed by atoms with van der Waals surface area (Å²) in [5, 5.41) is 23.2. The second-order valence-corrected chi connectivity index (χ2v) is 6.51. The molecule has 0 aliphatic carbocycles. The lowest BCUT2D eigenvalue weighted by Gasteiger charge is -2.21. The minimum absolute atomic E-state index is 0.0743. The lowest BCUT2D eigenvalue weighted by Crippen LogP contribution is -2.44. The number of nitrogens with one attached hydrogen (secondary N) is 1. The quantitative estimate of drug-likeness (QED) is 0.787. The van der Waals surface area contributed by atoms with E-state index in [4.69, 9.17) is 0 Å². The van der Waals surface area contributed by atoms with Gasteiger partial charge in [0.25, 0.3) is 5.91 Å². The molecule has 3 unspecified atom stereocenters. The van der Waals surface area contributed by atoms with Crippen LogP contribution in [0.25, 0.3) is 10.2 Å². The maximum absolute atomic E-state index is 11.9. The first-order valence-corrected chi connectivity index (χ1v) is 7.73. The van der Waals surface area contributed by atoms with Crippen molar-refractivity contribution in [2.24, 2.45) is 5.92 Å². The van der Waals surface area contributed by atoms with Gasteiger partial charge in [-0.05, 0) is 25.0 Å². The summed E-state index contributed by atoms with van der Waals surface area (Å²) in [5.41, 5.74) is 0.750. The Morgan fingerprint density at radius 3 is 2.52 bits per heavy atom. The summed E-state index contributed by atoms with van der Waals surface area (Å²) >= 11 is 1.28. The molecule has 5 nitrogen and oxygen atoms in total. The molecule has 0 saturated carbocycles. The van der Waals surface area contributed by atoms with Gasteiger partial charge in [0.15, 0.2) is 6.10 Å². The standard InChI is InChI=1S/C15H20N2O3S/c1-8(2)9(3)16-14(20)12(18)13(19)15-17-10-6-4-5-7-11(10)21-15/h4-9,12-13,18-19H,1-3H3,(H,16,20). The molecule has 114 valence electrons. The van der Waals surface area contributed by atoms with Crippen LogP contribution in [0.5, 0.6) is 0 Å². The second kappa shape index (κ2) is 6.51. The van der Waals surface area contributed by atoms with E-state index in [1.807, 2.05) is 45.0 Å². The number of aliphatic hydroxyl groups is 2. The zero-order chi connectivity index (χ0) is 15.6. The van der Waals surface area contributed by atoms with Gasteiger partial charge in [-0.15, -0.1) is 11.3 Å². The highest BCUT2D eigenvalue weighted by atomic mass is 32.1. The number of aromatic nitrogens is 1. The van der Waals surface area contributed by atoms with Gasteiger partial charge < -0.3 is 15.5 Å². The first kappa shape index (κ1) is 15.9. The van der Waals surface area contributed by atoms with Crippen LogP contribution < -0.4 is 5.32 Å². The Labute approximate surface area is 127 Å². The first-order valence-electron chi connectivity index (χ1n) is 6.92. The van der Waals surface area contributed by atoms with Crippen LogP contribution in [0.3, 0.4) is 0 Å². The molecule has 1 aromatic carbocycles. The Morgan fingerprint density at radius 1 is 1.24 bits per heavy atom. The molecule has 2 aromatic rings. The highest BCUT2D eigenvalue weighted by Gasteiger charge is 2.29. The Balaban J connectivity index is 2.11. The summed E-state index contributed by atoms with van der Waals surface area (Å²) < 4.78 is 0.912. The highest BCUT2D eigenvalue weighted by molar-refractivity contribution is 7.18. The van der Waals surface area contributed by atoms with E-state index in [9.17, 15) is 15.0 Å². The average Bonchev–Trinajstić information content (AvgIpc) is 2.89. The van der Waals surface area contributed by atoms with Gasteiger partial charge in [0, 0.05) is 6.04 Å². The highest BCUT2D eigenvalue weighted by Crippen LogP contribution is 2.28. The molecule has 0 aliphatic heterocycles. The van der Waals surface area contributed by atoms with E-state index < -0.39 is 18.1 Å². The van der Waals surface area contributed by atoms with Crippen molar-refractivity contribution in [3.05, 3.63) is 29.3 Å². The van der Waals surface area contributed by atoms with E-state index in [1.54, 1.807) is 0 Å². The number of carbonyl (C=O) groups excluding carboxylic acids is 1. The largest absolute Gasteiger partial charge is 0.383 e. The van der Waals surface area contributed by atoms with E-state index in [0.717, 1.165) is 10.2 Å². The molecule has 21 heavy (non-hydrogen) atoms. The summed E-state index contributed by atoms with van der Waals surface area (Å²) in [6.07, 6.45) is -2.84. The SMILES string of the molecule is CC(C)C(C)NC(=O)C(O)C(O)c1nc2ccccc2s1. The van der Waals surface area contributed by atoms with Crippen LogP contribution in [0.4, 0.5) is 0 Å². The molecule has 0 spiro atoms. The molecule has 1 aromatic heterocycles. The molecule has 2 rings (SSSR count). The Bertz CT molecular complexity index is 593. The fourth-order valence-electron chi connectivity index (χ4n) is 1.77. The van der Waals surface area contributed by atoms with Crippen molar-refractivity contribution < 1.29 is 15.0 Å². The van der Waals surface area contributed by atoms with Gasteiger partial charge >= 0.3 is 0 Å². The maximum atomic E-state index is 11.9. The smallest absolute Gasteiger partial charge is 0.252 e. The minimum atomic E-state index is -1.52. The number of para-hydroxylation sites is 1. The fraction of sp³-hybridized carbons (Fsp3) is 0.467. The molecule has 1 amide bonds. The summed E-state index contributed by atoms with van der Waals surface area (Å²) in [6.45, 7) is 5.81. The van der Waals surface area contributed by atoms with Crippen LogP contribution in [0.15, 0.2) is 24.3 Å². The third-order valence-corrected chi connectivity index (χ3v) is 4.61. The average molecular weight is 308 g/mol. The van der Waals surface area contributed by atoms with Crippen molar-refractivity contribution in [1.82, 2.24) is 10.3 Å². The number of hydrogen-bond donors (Lipinski definition) is 3. The Hall–Kier alpha value is -1.50. The number of rotatable bonds is 5. The molecule has 3 atom stereocenters. The topological polar surface area (TPSA) is 82.5 Å². The summed E-state index contributed by atoms with van der Waals surface area (Å²) in [5.74, 6) is -0.330. The van der Waals surface area contributed by atoms with Crippen molar-refractivity contribution in [2.45, 2.75) is 39.0 Å². The van der Waals surface area contributed by atoms with Crippen LogP contribution >= 0.6 is 11.3 Å². The van der Waals surface area contributed by atoms with Crippen molar-refractivity contribution in [1.29, 1.82) is 0 Å². The van der Waals surface area contributed by atoms with E-state index in [1.165, 1.54) is 11.3 Å². The molecule has 0 aliphatic rings. The zero-order valence-electron chi connectivity index (χ0n) is 12.3. The van der Waals surface area contributed by atoms with Gasteiger partial charge in [-0.2, -0.15) is 0 Å². The second-order valence-electron chi connectivity index (χ2n) is 5.45. The lowest BCUT2D eigenvalue weighted by molar-refractivity contribution is -0.136. The number of thiazole rings is 1. The minimum Gasteiger partial charge on any atom is -0.383 e. The van der Waals surface area contributed by atoms with Crippen molar-refractivity contribution in [2.75, 3.05) is 0 Å². The molecule has 0 saturated heterocycles. The number of amides is 1. The number of hydrogen-bond acceptors (Lipinski definition) is 5. The molecule has 0 bridgehead atoms. The van der Waals surface area contributed by atoms with Crippen LogP contribution in [-0.4, -0.2) is 33.3 Å². The monoisotopic (exact) mass is 308 g/mol. The maximum Gasteiger partial charge on any atom is 0.252 e. The van der Waals surface area contributed by atoms with Gasteiger partial charge in [-0.25, -0.2) is 4.98 Å². The van der Waals surface area contributed by atoms with Crippen LogP contribution in [0, 0.1) is 5.92 Å². The lowest BCUT2D eigenvalue weighted by atomic mass is 10.1. The van der Waals surface area contributed by atoms with E-state index in [2.05, 4.69) is 10.3 Å². The van der Waals surface area contributed by atoms with Crippen molar-refractivity contribution in [3.8, 4) is 0 Å². The fourth-order valence-corrected chi connectivity index (χ4v) is 2.76.